The number of carbonyl (C=O) groups is 5. The highest BCUT2D eigenvalue weighted by Crippen LogP contribution is 2.16. The first-order valence-corrected chi connectivity index (χ1v) is 19.2. The van der Waals surface area contributed by atoms with Crippen molar-refractivity contribution < 1.29 is 33.8 Å². The number of aromatic amines is 1. The maximum Gasteiger partial charge on any atom is 0.408 e. The number of H-pyrrole nitrogens is 1. The Balaban J connectivity index is 1.64. The number of imide groups is 1. The van der Waals surface area contributed by atoms with E-state index in [0.717, 1.165) is 31.2 Å². The number of aliphatic hydroxyl groups is 1. The van der Waals surface area contributed by atoms with Crippen molar-refractivity contribution in [1.82, 2.24) is 31.2 Å². The number of hydrogen-bond donors (Lipinski definition) is 6. The van der Waals surface area contributed by atoms with Gasteiger partial charge in [0.05, 0.1) is 24.9 Å². The van der Waals surface area contributed by atoms with Gasteiger partial charge < -0.3 is 30.8 Å². The predicted molar refractivity (Wildman–Crippen MR) is 210 cm³/mol. The molecule has 0 aliphatic rings. The number of nitrogens with one attached hydrogen (secondary N) is 5. The molecule has 0 unspecified atom stereocenters. The number of rotatable bonds is 21. The molecule has 3 aromatic rings. The Morgan fingerprint density at radius 3 is 1.98 bits per heavy atom. The van der Waals surface area contributed by atoms with Crippen LogP contribution in [0, 0.1) is 11.8 Å². The SMILES string of the molecule is CC(C)C[C@H](NC(=O)[C@H](Cc1cnc[nH]1)NC(=O)[C@H](Cc1ccccc1)NC(=O)OC(C)(C)C)[C@@H](O)CC(=O)NC(=O)C[C@@H](C)CCCCc1ccccc1. The van der Waals surface area contributed by atoms with Gasteiger partial charge in [-0.25, -0.2) is 9.78 Å². The number of imidazole rings is 1. The quantitative estimate of drug-likeness (QED) is 0.0823. The number of carbonyl (C=O) groups excluding carboxylic acids is 5. The van der Waals surface area contributed by atoms with Gasteiger partial charge in [-0.15, -0.1) is 0 Å². The topological polar surface area (TPSA) is 192 Å². The fraction of sp³-hybridized carbons (Fsp3) is 0.524. The van der Waals surface area contributed by atoms with Crippen LogP contribution in [-0.2, 0) is 43.2 Å². The molecule has 0 fully saturated rings. The van der Waals surface area contributed by atoms with E-state index in [2.05, 4.69) is 43.4 Å². The van der Waals surface area contributed by atoms with Gasteiger partial charge in [0.2, 0.25) is 23.6 Å². The lowest BCUT2D eigenvalue weighted by Crippen LogP contribution is -2.57. The van der Waals surface area contributed by atoms with Crippen molar-refractivity contribution in [1.29, 1.82) is 0 Å². The minimum absolute atomic E-state index is 0.0151. The molecule has 5 amide bonds. The largest absolute Gasteiger partial charge is 0.444 e. The Morgan fingerprint density at radius 1 is 0.782 bits per heavy atom. The zero-order valence-electron chi connectivity index (χ0n) is 33.1. The Hall–Kier alpha value is -5.04. The van der Waals surface area contributed by atoms with Gasteiger partial charge in [-0.2, -0.15) is 0 Å². The minimum atomic E-state index is -1.32. The summed E-state index contributed by atoms with van der Waals surface area (Å²) in [5.41, 5.74) is 1.81. The number of aliphatic hydroxyl groups excluding tert-OH is 1. The Labute approximate surface area is 325 Å². The second-order valence-electron chi connectivity index (χ2n) is 15.8. The van der Waals surface area contributed by atoms with Crippen molar-refractivity contribution in [3.8, 4) is 0 Å². The van der Waals surface area contributed by atoms with E-state index in [4.69, 9.17) is 4.74 Å². The predicted octanol–water partition coefficient (Wildman–Crippen LogP) is 4.94. The summed E-state index contributed by atoms with van der Waals surface area (Å²) in [4.78, 5) is 73.1. The molecular weight excluding hydrogens is 700 g/mol. The van der Waals surface area contributed by atoms with E-state index in [-0.39, 0.29) is 31.1 Å². The normalized spacial score (nSPS) is 14.2. The number of benzene rings is 2. The second-order valence-corrected chi connectivity index (χ2v) is 15.8. The molecule has 0 saturated heterocycles. The minimum Gasteiger partial charge on any atom is -0.444 e. The molecule has 0 radical (unpaired) electrons. The van der Waals surface area contributed by atoms with Gasteiger partial charge in [0.1, 0.15) is 17.7 Å². The molecule has 1 heterocycles. The summed E-state index contributed by atoms with van der Waals surface area (Å²) in [5, 5.41) is 21.9. The molecule has 55 heavy (non-hydrogen) atoms. The fourth-order valence-corrected chi connectivity index (χ4v) is 6.19. The Bertz CT molecular complexity index is 1630. The van der Waals surface area contributed by atoms with E-state index in [9.17, 15) is 29.1 Å². The summed E-state index contributed by atoms with van der Waals surface area (Å²) in [7, 11) is 0. The molecule has 13 heteroatoms. The fourth-order valence-electron chi connectivity index (χ4n) is 6.19. The zero-order valence-corrected chi connectivity index (χ0v) is 33.1. The molecule has 300 valence electrons. The van der Waals surface area contributed by atoms with Crippen molar-refractivity contribution in [2.75, 3.05) is 0 Å². The van der Waals surface area contributed by atoms with Gasteiger partial charge in [0, 0.05) is 31.2 Å². The van der Waals surface area contributed by atoms with Gasteiger partial charge in [-0.05, 0) is 63.0 Å². The van der Waals surface area contributed by atoms with Crippen molar-refractivity contribution in [3.63, 3.8) is 0 Å². The average Bonchev–Trinajstić information content (AvgIpc) is 3.62. The number of aromatic nitrogens is 2. The number of ether oxygens (including phenoxy) is 1. The standard InChI is InChI=1S/C42H60N6O7/c1-28(2)21-33(36(49)25-38(51)48-37(50)22-29(3)15-13-14-18-30-16-9-7-10-17-30)45-40(53)35(24-32-26-43-27-44-32)46-39(52)34(23-31-19-11-8-12-20-31)47-41(54)55-42(4,5)6/h7-12,16-17,19-20,26-29,33-36,49H,13-15,18,21-25H2,1-6H3,(H,43,44)(H,45,53)(H,46,52)(H,47,54)(H,48,50,51)/t29-,33-,34-,35-,36-/m0/s1. The Kier molecular flexibility index (Phi) is 18.0. The molecule has 0 saturated carbocycles. The van der Waals surface area contributed by atoms with E-state index in [1.165, 1.54) is 18.1 Å². The summed E-state index contributed by atoms with van der Waals surface area (Å²) in [6.45, 7) is 10.9. The monoisotopic (exact) mass is 760 g/mol. The Morgan fingerprint density at radius 2 is 1.38 bits per heavy atom. The summed E-state index contributed by atoms with van der Waals surface area (Å²) in [6, 6.07) is 16.2. The molecular formula is C42H60N6O7. The zero-order chi connectivity index (χ0) is 40.4. The van der Waals surface area contributed by atoms with E-state index in [1.54, 1.807) is 20.8 Å². The smallest absolute Gasteiger partial charge is 0.408 e. The molecule has 0 aliphatic carbocycles. The van der Waals surface area contributed by atoms with Gasteiger partial charge in [0.15, 0.2) is 0 Å². The van der Waals surface area contributed by atoms with E-state index < -0.39 is 66.0 Å². The molecule has 13 nitrogen and oxygen atoms in total. The molecule has 0 aliphatic heterocycles. The van der Waals surface area contributed by atoms with Crippen LogP contribution in [-0.4, -0.2) is 74.6 Å². The summed E-state index contributed by atoms with van der Waals surface area (Å²) in [5.74, 6) is -2.20. The first kappa shape index (κ1) is 44.4. The van der Waals surface area contributed by atoms with Crippen LogP contribution < -0.4 is 21.3 Å². The lowest BCUT2D eigenvalue weighted by atomic mass is 9.96. The molecule has 3 rings (SSSR count). The third-order valence-corrected chi connectivity index (χ3v) is 8.88. The van der Waals surface area contributed by atoms with E-state index in [1.807, 2.05) is 69.3 Å². The first-order chi connectivity index (χ1) is 26.1. The number of aryl methyl sites for hydroxylation is 1. The van der Waals surface area contributed by atoms with Crippen LogP contribution in [0.1, 0.15) is 96.9 Å². The number of alkyl carbamates (subject to hydrolysis) is 1. The summed E-state index contributed by atoms with van der Waals surface area (Å²) in [6.07, 6.45) is 4.89. The van der Waals surface area contributed by atoms with Gasteiger partial charge in [-0.3, -0.25) is 24.5 Å². The third kappa shape index (κ3) is 17.8. The molecule has 0 bridgehead atoms. The van der Waals surface area contributed by atoms with Gasteiger partial charge in [-0.1, -0.05) is 94.3 Å². The maximum atomic E-state index is 13.9. The molecule has 2 aromatic carbocycles. The lowest BCUT2D eigenvalue weighted by Gasteiger charge is -2.29. The van der Waals surface area contributed by atoms with E-state index >= 15 is 0 Å². The van der Waals surface area contributed by atoms with Crippen LogP contribution in [0.25, 0.3) is 0 Å². The van der Waals surface area contributed by atoms with Crippen LogP contribution in [0.4, 0.5) is 4.79 Å². The van der Waals surface area contributed by atoms with Crippen LogP contribution in [0.3, 0.4) is 0 Å². The summed E-state index contributed by atoms with van der Waals surface area (Å²) < 4.78 is 5.41. The van der Waals surface area contributed by atoms with Crippen LogP contribution in [0.15, 0.2) is 73.2 Å². The highest BCUT2D eigenvalue weighted by molar-refractivity contribution is 5.95. The third-order valence-electron chi connectivity index (χ3n) is 8.88. The van der Waals surface area contributed by atoms with Crippen molar-refractivity contribution in [3.05, 3.63) is 90.0 Å². The number of unbranched alkanes of at least 4 members (excludes halogenated alkanes) is 1. The maximum absolute atomic E-state index is 13.9. The van der Waals surface area contributed by atoms with Crippen molar-refractivity contribution in [2.24, 2.45) is 11.8 Å². The number of amides is 5. The van der Waals surface area contributed by atoms with E-state index in [0.29, 0.717) is 12.1 Å². The molecule has 5 atom stereocenters. The first-order valence-electron chi connectivity index (χ1n) is 19.2. The van der Waals surface area contributed by atoms with Crippen molar-refractivity contribution >= 4 is 29.7 Å². The number of hydrogen-bond acceptors (Lipinski definition) is 8. The van der Waals surface area contributed by atoms with Gasteiger partial charge >= 0.3 is 6.09 Å². The van der Waals surface area contributed by atoms with Crippen LogP contribution in [0.2, 0.25) is 0 Å². The molecule has 1 aromatic heterocycles. The highest BCUT2D eigenvalue weighted by Gasteiger charge is 2.32. The molecule has 6 N–H and O–H groups in total. The molecule has 0 spiro atoms. The van der Waals surface area contributed by atoms with Crippen LogP contribution >= 0.6 is 0 Å². The highest BCUT2D eigenvalue weighted by atomic mass is 16.6. The second kappa shape index (κ2) is 22.4. The number of nitrogens with zero attached hydrogens (tertiary/aromatic N) is 1. The van der Waals surface area contributed by atoms with Crippen molar-refractivity contribution in [2.45, 2.75) is 129 Å². The average molecular weight is 761 g/mol. The van der Waals surface area contributed by atoms with Gasteiger partial charge in [0.25, 0.3) is 0 Å². The van der Waals surface area contributed by atoms with Crippen LogP contribution in [0.5, 0.6) is 0 Å². The summed E-state index contributed by atoms with van der Waals surface area (Å²) >= 11 is 0. The lowest BCUT2D eigenvalue weighted by molar-refractivity contribution is -0.133.